The topological polar surface area (TPSA) is 54.4 Å². The van der Waals surface area contributed by atoms with Crippen LogP contribution in [0.4, 0.5) is 0 Å². The Bertz CT molecular complexity index is 499. The van der Waals surface area contributed by atoms with Gasteiger partial charge in [-0.05, 0) is 46.7 Å². The highest BCUT2D eigenvalue weighted by molar-refractivity contribution is 14.0. The van der Waals surface area contributed by atoms with E-state index < -0.39 is 0 Å². The van der Waals surface area contributed by atoms with Gasteiger partial charge in [0.1, 0.15) is 0 Å². The van der Waals surface area contributed by atoms with Crippen molar-refractivity contribution in [3.63, 3.8) is 0 Å². The van der Waals surface area contributed by atoms with Crippen LogP contribution < -0.4 is 5.32 Å². The number of nitrogens with one attached hydrogen (secondary N) is 1. The predicted molar refractivity (Wildman–Crippen MR) is 132 cm³/mol. The average Bonchev–Trinajstić information content (AvgIpc) is 3.26. The van der Waals surface area contributed by atoms with Gasteiger partial charge in [0.2, 0.25) is 5.91 Å². The van der Waals surface area contributed by atoms with Gasteiger partial charge >= 0.3 is 0 Å². The van der Waals surface area contributed by atoms with Crippen molar-refractivity contribution >= 4 is 35.8 Å². The number of rotatable bonds is 8. The van der Waals surface area contributed by atoms with Crippen molar-refractivity contribution in [1.29, 1.82) is 0 Å². The zero-order valence-corrected chi connectivity index (χ0v) is 21.5. The third-order valence-electron chi connectivity index (χ3n) is 6.21. The fourth-order valence-corrected chi connectivity index (χ4v) is 4.29. The summed E-state index contributed by atoms with van der Waals surface area (Å²) in [5, 5.41) is 3.46. The van der Waals surface area contributed by atoms with Crippen LogP contribution >= 0.6 is 24.0 Å². The molecule has 170 valence electrons. The Morgan fingerprint density at radius 2 is 1.55 bits per heavy atom. The van der Waals surface area contributed by atoms with Crippen molar-refractivity contribution in [3.05, 3.63) is 0 Å². The largest absolute Gasteiger partial charge is 0.357 e. The molecule has 2 atom stereocenters. The number of carbonyl (C=O) groups is 1. The smallest absolute Gasteiger partial charge is 0.239 e. The van der Waals surface area contributed by atoms with Crippen LogP contribution in [0.25, 0.3) is 0 Å². The van der Waals surface area contributed by atoms with Crippen LogP contribution in [0, 0.1) is 0 Å². The molecule has 7 nitrogen and oxygen atoms in total. The zero-order chi connectivity index (χ0) is 20.5. The van der Waals surface area contributed by atoms with Crippen LogP contribution in [0.1, 0.15) is 47.5 Å². The first-order valence-electron chi connectivity index (χ1n) is 11.3. The molecule has 2 rings (SSSR count). The molecule has 2 saturated heterocycles. The van der Waals surface area contributed by atoms with E-state index >= 15 is 0 Å². The number of guanidine groups is 1. The van der Waals surface area contributed by atoms with Gasteiger partial charge in [0.15, 0.2) is 5.96 Å². The summed E-state index contributed by atoms with van der Waals surface area (Å²) in [4.78, 5) is 26.8. The molecule has 0 aromatic heterocycles. The summed E-state index contributed by atoms with van der Waals surface area (Å²) in [6.45, 7) is 20.2. The third-order valence-corrected chi connectivity index (χ3v) is 6.21. The van der Waals surface area contributed by atoms with Gasteiger partial charge in [-0.3, -0.25) is 19.6 Å². The van der Waals surface area contributed by atoms with Crippen molar-refractivity contribution in [1.82, 2.24) is 24.9 Å². The predicted octanol–water partition coefficient (Wildman–Crippen LogP) is 1.93. The lowest BCUT2D eigenvalue weighted by molar-refractivity contribution is -0.135. The molecule has 0 aliphatic carbocycles. The molecule has 8 heteroatoms. The second-order valence-corrected chi connectivity index (χ2v) is 8.00. The maximum absolute atomic E-state index is 12.7. The van der Waals surface area contributed by atoms with Gasteiger partial charge in [0.25, 0.3) is 0 Å². The number of hydrogen-bond donors (Lipinski definition) is 1. The second kappa shape index (κ2) is 13.6. The Morgan fingerprint density at radius 3 is 2.07 bits per heavy atom. The van der Waals surface area contributed by atoms with E-state index in [0.717, 1.165) is 84.2 Å². The van der Waals surface area contributed by atoms with Gasteiger partial charge in [0, 0.05) is 51.9 Å². The molecular formula is C21H43IN6O. The van der Waals surface area contributed by atoms with Gasteiger partial charge in [-0.1, -0.05) is 13.8 Å². The second-order valence-electron chi connectivity index (χ2n) is 8.00. The summed E-state index contributed by atoms with van der Waals surface area (Å²) in [7, 11) is 0. The lowest BCUT2D eigenvalue weighted by atomic mass is 10.2. The first-order chi connectivity index (χ1) is 13.5. The van der Waals surface area contributed by atoms with Gasteiger partial charge in [-0.2, -0.15) is 0 Å². The first-order valence-corrected chi connectivity index (χ1v) is 11.3. The van der Waals surface area contributed by atoms with E-state index in [1.165, 1.54) is 0 Å². The van der Waals surface area contributed by atoms with Crippen LogP contribution in [0.2, 0.25) is 0 Å². The van der Waals surface area contributed by atoms with E-state index in [9.17, 15) is 4.79 Å². The number of likely N-dealkylation sites (tertiary alicyclic amines) is 1. The van der Waals surface area contributed by atoms with Crippen molar-refractivity contribution in [2.24, 2.45) is 4.99 Å². The fourth-order valence-electron chi connectivity index (χ4n) is 4.29. The molecule has 1 N–H and O–H groups in total. The van der Waals surface area contributed by atoms with Gasteiger partial charge in [0.05, 0.1) is 12.6 Å². The number of hydrogen-bond acceptors (Lipinski definition) is 4. The number of nitrogens with zero attached hydrogens (tertiary/aromatic N) is 5. The van der Waals surface area contributed by atoms with Gasteiger partial charge in [-0.25, -0.2) is 0 Å². The number of piperazine rings is 1. The fraction of sp³-hybridized carbons (Fsp3) is 0.905. The Labute approximate surface area is 195 Å². The molecule has 2 fully saturated rings. The minimum Gasteiger partial charge on any atom is -0.357 e. The highest BCUT2D eigenvalue weighted by Gasteiger charge is 2.30. The van der Waals surface area contributed by atoms with Gasteiger partial charge < -0.3 is 15.1 Å². The molecule has 2 aliphatic heterocycles. The van der Waals surface area contributed by atoms with Crippen LogP contribution in [0.3, 0.4) is 0 Å². The van der Waals surface area contributed by atoms with Crippen molar-refractivity contribution in [3.8, 4) is 0 Å². The van der Waals surface area contributed by atoms with Crippen molar-refractivity contribution in [2.45, 2.75) is 59.5 Å². The molecule has 0 saturated carbocycles. The molecule has 0 aromatic rings. The molecule has 2 unspecified atom stereocenters. The monoisotopic (exact) mass is 522 g/mol. The Hall–Kier alpha value is -0.610. The van der Waals surface area contributed by atoms with Crippen LogP contribution in [-0.2, 0) is 4.79 Å². The normalized spacial score (nSPS) is 20.6. The van der Waals surface area contributed by atoms with E-state index in [4.69, 9.17) is 4.99 Å². The molecule has 0 aromatic carbocycles. The van der Waals surface area contributed by atoms with E-state index in [2.05, 4.69) is 54.6 Å². The standard InChI is InChI=1S/C21H42N6O.HI/c1-6-22-21(23-17-18(4)24(7-2)8-3)27-15-13-25(14-16-27)19(5)20(28)26-11-9-10-12-26;/h18-19H,6-17H2,1-5H3,(H,22,23);1H. The summed E-state index contributed by atoms with van der Waals surface area (Å²) in [6, 6.07) is 0.436. The van der Waals surface area contributed by atoms with Crippen molar-refractivity contribution in [2.75, 3.05) is 65.4 Å². The van der Waals surface area contributed by atoms with E-state index in [1.54, 1.807) is 0 Å². The number of aliphatic imine (C=N–C) groups is 1. The summed E-state index contributed by atoms with van der Waals surface area (Å²) < 4.78 is 0. The highest BCUT2D eigenvalue weighted by atomic mass is 127. The van der Waals surface area contributed by atoms with Gasteiger partial charge in [-0.15, -0.1) is 24.0 Å². The van der Waals surface area contributed by atoms with Crippen LogP contribution in [0.15, 0.2) is 4.99 Å². The van der Waals surface area contributed by atoms with E-state index in [1.807, 2.05) is 4.90 Å². The highest BCUT2D eigenvalue weighted by Crippen LogP contribution is 2.14. The summed E-state index contributed by atoms with van der Waals surface area (Å²) in [5.74, 6) is 1.32. The number of amides is 1. The molecule has 0 spiro atoms. The summed E-state index contributed by atoms with van der Waals surface area (Å²) >= 11 is 0. The summed E-state index contributed by atoms with van der Waals surface area (Å²) in [6.07, 6.45) is 2.31. The SMILES string of the molecule is CCNC(=NCC(C)N(CC)CC)N1CCN(C(C)C(=O)N2CCCC2)CC1.I. The zero-order valence-electron chi connectivity index (χ0n) is 19.2. The molecule has 2 aliphatic rings. The van der Waals surface area contributed by atoms with E-state index in [-0.39, 0.29) is 30.0 Å². The Kier molecular flexibility index (Phi) is 12.4. The minimum absolute atomic E-state index is 0. The third kappa shape index (κ3) is 7.54. The summed E-state index contributed by atoms with van der Waals surface area (Å²) in [5.41, 5.74) is 0. The maximum Gasteiger partial charge on any atom is 0.239 e. The average molecular weight is 523 g/mol. The first kappa shape index (κ1) is 26.4. The van der Waals surface area contributed by atoms with Crippen LogP contribution in [-0.4, -0.2) is 109 Å². The molecule has 1 amide bonds. The Morgan fingerprint density at radius 1 is 0.966 bits per heavy atom. The molecular weight excluding hydrogens is 479 g/mol. The molecule has 29 heavy (non-hydrogen) atoms. The molecule has 0 radical (unpaired) electrons. The van der Waals surface area contributed by atoms with E-state index in [0.29, 0.717) is 11.9 Å². The molecule has 2 heterocycles. The minimum atomic E-state index is -0.0116. The number of halogens is 1. The number of likely N-dealkylation sites (N-methyl/N-ethyl adjacent to an activating group) is 1. The Balaban J connectivity index is 0.00000420. The van der Waals surface area contributed by atoms with Crippen molar-refractivity contribution < 1.29 is 4.79 Å². The lowest BCUT2D eigenvalue weighted by Gasteiger charge is -2.39. The number of carbonyl (C=O) groups excluding carboxylic acids is 1. The van der Waals surface area contributed by atoms with Crippen LogP contribution in [0.5, 0.6) is 0 Å². The molecule has 0 bridgehead atoms. The lowest BCUT2D eigenvalue weighted by Crippen LogP contribution is -2.57. The quantitative estimate of drug-likeness (QED) is 0.300. The maximum atomic E-state index is 12.7.